The van der Waals surface area contributed by atoms with Crippen LogP contribution in [0, 0.1) is 35.0 Å². The van der Waals surface area contributed by atoms with Crippen LogP contribution in [0.25, 0.3) is 21.5 Å². The van der Waals surface area contributed by atoms with E-state index in [9.17, 15) is 0 Å². The van der Waals surface area contributed by atoms with Gasteiger partial charge in [-0.15, -0.1) is 0 Å². The molecule has 60 heavy (non-hydrogen) atoms. The highest BCUT2D eigenvalue weighted by Gasteiger charge is 2.65. The van der Waals surface area contributed by atoms with Crippen molar-refractivity contribution in [2.75, 3.05) is 6.61 Å². The molecule has 9 unspecified atom stereocenters. The van der Waals surface area contributed by atoms with Gasteiger partial charge < -0.3 is 14.2 Å². The van der Waals surface area contributed by atoms with E-state index in [-0.39, 0.29) is 0 Å². The molecule has 4 aliphatic carbocycles. The number of rotatable bonds is 14. The molecule has 3 heteroatoms. The minimum atomic E-state index is 0.379. The van der Waals surface area contributed by atoms with E-state index in [4.69, 9.17) is 14.2 Å². The Labute approximate surface area is 358 Å². The van der Waals surface area contributed by atoms with Gasteiger partial charge in [-0.05, 0) is 190 Å². The Balaban J connectivity index is 0.840. The molecule has 0 N–H and O–H groups in total. The van der Waals surface area contributed by atoms with Crippen LogP contribution < -0.4 is 14.2 Å². The molecule has 9 atom stereocenters. The SMILES string of the molecule is CC(C)COc1ccc(C(C)CC(CC(C)c2ccc(Oc3ccc4cc5ccccc5cc4c3)cc2)c2ccc(OC3CC45CCCC6CCCC(C3C4)C65)cc2)cc1. The molecule has 310 valence electrons. The summed E-state index contributed by atoms with van der Waals surface area (Å²) in [7, 11) is 0. The quantitative estimate of drug-likeness (QED) is 0.103. The second-order valence-corrected chi connectivity index (χ2v) is 20.1. The van der Waals surface area contributed by atoms with Crippen molar-refractivity contribution in [2.45, 2.75) is 116 Å². The summed E-state index contributed by atoms with van der Waals surface area (Å²) in [5.41, 5.74) is 4.71. The highest BCUT2D eigenvalue weighted by molar-refractivity contribution is 5.98. The van der Waals surface area contributed by atoms with E-state index in [1.807, 2.05) is 0 Å². The van der Waals surface area contributed by atoms with E-state index in [0.717, 1.165) is 66.1 Å². The molecule has 0 heterocycles. The molecule has 6 aromatic carbocycles. The Kier molecular flexibility index (Phi) is 10.9. The van der Waals surface area contributed by atoms with E-state index < -0.39 is 0 Å². The van der Waals surface area contributed by atoms with Gasteiger partial charge in [-0.2, -0.15) is 0 Å². The minimum absolute atomic E-state index is 0.379. The number of hydrogen-bond donors (Lipinski definition) is 0. The molecule has 0 saturated heterocycles. The Morgan fingerprint density at radius 1 is 0.550 bits per heavy atom. The molecule has 0 aromatic heterocycles. The lowest BCUT2D eigenvalue weighted by atomic mass is 9.54. The lowest BCUT2D eigenvalue weighted by molar-refractivity contribution is -0.0450. The summed E-state index contributed by atoms with van der Waals surface area (Å²) in [6, 6.07) is 46.5. The van der Waals surface area contributed by atoms with Crippen molar-refractivity contribution in [3.63, 3.8) is 0 Å². The molecule has 0 amide bonds. The summed E-state index contributed by atoms with van der Waals surface area (Å²) >= 11 is 0. The third-order valence-corrected chi connectivity index (χ3v) is 15.6. The molecule has 0 aliphatic heterocycles. The Hall–Kier alpha value is -4.76. The number of ether oxygens (including phenoxy) is 3. The summed E-state index contributed by atoms with van der Waals surface area (Å²) in [5, 5.41) is 4.92. The first-order valence-electron chi connectivity index (χ1n) is 23.5. The molecular formula is C57H64O3. The monoisotopic (exact) mass is 796 g/mol. The van der Waals surface area contributed by atoms with Gasteiger partial charge in [-0.25, -0.2) is 0 Å². The van der Waals surface area contributed by atoms with Crippen LogP contribution in [0.3, 0.4) is 0 Å². The zero-order chi connectivity index (χ0) is 40.8. The third kappa shape index (κ3) is 7.94. The highest BCUT2D eigenvalue weighted by atomic mass is 16.5. The fraction of sp³-hybridized carbons (Fsp3) is 0.439. The standard InChI is InChI=1S/C57H64O3/c1-37(2)36-58-49-21-14-40(15-22-49)38(3)29-47(42-18-25-51(26-19-42)60-55-35-57-28-8-12-43-11-7-13-53(56(43)57)54(55)34-57)30-39(4)41-16-23-50(24-17-41)59-52-27-20-46-31-44-9-5-6-10-45(44)32-48(46)33-52/h5-6,9-10,14-27,31-33,37-39,43,47,53-56H,7-8,11-13,28-30,34-36H2,1-4H3. The van der Waals surface area contributed by atoms with Crippen LogP contribution in [-0.4, -0.2) is 12.7 Å². The van der Waals surface area contributed by atoms with E-state index in [0.29, 0.717) is 35.2 Å². The lowest BCUT2D eigenvalue weighted by Gasteiger charge is -2.52. The lowest BCUT2D eigenvalue weighted by Crippen LogP contribution is -2.46. The largest absolute Gasteiger partial charge is 0.493 e. The van der Waals surface area contributed by atoms with Crippen molar-refractivity contribution >= 4 is 21.5 Å². The van der Waals surface area contributed by atoms with Gasteiger partial charge in [-0.1, -0.05) is 120 Å². The fourth-order valence-electron chi connectivity index (χ4n) is 12.9. The van der Waals surface area contributed by atoms with Gasteiger partial charge in [0.15, 0.2) is 0 Å². The number of benzene rings is 6. The normalized spacial score (nSPS) is 25.9. The molecule has 10 rings (SSSR count). The van der Waals surface area contributed by atoms with Crippen molar-refractivity contribution in [2.24, 2.45) is 35.0 Å². The average molecular weight is 797 g/mol. The summed E-state index contributed by atoms with van der Waals surface area (Å²) < 4.78 is 19.4. The van der Waals surface area contributed by atoms with E-state index in [1.165, 1.54) is 89.6 Å². The second kappa shape index (κ2) is 16.6. The minimum Gasteiger partial charge on any atom is -0.493 e. The van der Waals surface area contributed by atoms with Crippen molar-refractivity contribution in [3.8, 4) is 23.0 Å². The summed E-state index contributed by atoms with van der Waals surface area (Å²) in [6.45, 7) is 9.91. The smallest absolute Gasteiger partial charge is 0.128 e. The van der Waals surface area contributed by atoms with Crippen LogP contribution in [0.2, 0.25) is 0 Å². The van der Waals surface area contributed by atoms with Crippen LogP contribution in [0.4, 0.5) is 0 Å². The van der Waals surface area contributed by atoms with Gasteiger partial charge >= 0.3 is 0 Å². The molecule has 4 aliphatic rings. The Bertz CT molecular complexity index is 2390. The van der Waals surface area contributed by atoms with Crippen LogP contribution in [0.5, 0.6) is 23.0 Å². The van der Waals surface area contributed by atoms with Crippen LogP contribution in [0.1, 0.15) is 126 Å². The summed E-state index contributed by atoms with van der Waals surface area (Å²) in [6.07, 6.45) is 14.0. The predicted octanol–water partition coefficient (Wildman–Crippen LogP) is 15.7. The maximum Gasteiger partial charge on any atom is 0.128 e. The molecule has 2 bridgehead atoms. The van der Waals surface area contributed by atoms with Crippen LogP contribution >= 0.6 is 0 Å². The maximum atomic E-state index is 6.99. The first-order chi connectivity index (χ1) is 29.3. The van der Waals surface area contributed by atoms with Crippen molar-refractivity contribution < 1.29 is 14.2 Å². The maximum absolute atomic E-state index is 6.99. The van der Waals surface area contributed by atoms with Crippen molar-refractivity contribution in [1.29, 1.82) is 0 Å². The van der Waals surface area contributed by atoms with Gasteiger partial charge in [0, 0.05) is 0 Å². The van der Waals surface area contributed by atoms with Crippen molar-refractivity contribution in [3.05, 3.63) is 144 Å². The van der Waals surface area contributed by atoms with Gasteiger partial charge in [0.05, 0.1) is 6.61 Å². The molecule has 6 aromatic rings. The molecule has 1 spiro atoms. The van der Waals surface area contributed by atoms with Gasteiger partial charge in [0.25, 0.3) is 0 Å². The first kappa shape index (κ1) is 39.4. The third-order valence-electron chi connectivity index (χ3n) is 15.6. The molecule has 3 nitrogen and oxygen atoms in total. The molecule has 0 radical (unpaired) electrons. The van der Waals surface area contributed by atoms with E-state index in [1.54, 1.807) is 0 Å². The molecule has 4 saturated carbocycles. The number of hydrogen-bond acceptors (Lipinski definition) is 3. The molecular weight excluding hydrogens is 733 g/mol. The number of fused-ring (bicyclic) bond motifs is 4. The molecule has 4 fully saturated rings. The highest BCUT2D eigenvalue weighted by Crippen LogP contribution is 2.70. The van der Waals surface area contributed by atoms with Crippen LogP contribution in [-0.2, 0) is 0 Å². The second-order valence-electron chi connectivity index (χ2n) is 20.1. The fourth-order valence-corrected chi connectivity index (χ4v) is 12.9. The van der Waals surface area contributed by atoms with E-state index in [2.05, 4.69) is 155 Å². The van der Waals surface area contributed by atoms with Gasteiger partial charge in [0.1, 0.15) is 29.1 Å². The average Bonchev–Trinajstić information content (AvgIpc) is 3.79. The zero-order valence-corrected chi connectivity index (χ0v) is 36.3. The van der Waals surface area contributed by atoms with Gasteiger partial charge in [-0.3, -0.25) is 0 Å². The topological polar surface area (TPSA) is 27.7 Å². The zero-order valence-electron chi connectivity index (χ0n) is 36.3. The Morgan fingerprint density at radius 3 is 1.85 bits per heavy atom. The first-order valence-corrected chi connectivity index (χ1v) is 23.5. The van der Waals surface area contributed by atoms with E-state index >= 15 is 0 Å². The van der Waals surface area contributed by atoms with Gasteiger partial charge in [0.2, 0.25) is 0 Å². The summed E-state index contributed by atoms with van der Waals surface area (Å²) in [4.78, 5) is 0. The van der Waals surface area contributed by atoms with Crippen molar-refractivity contribution in [1.82, 2.24) is 0 Å². The van der Waals surface area contributed by atoms with Crippen LogP contribution in [0.15, 0.2) is 127 Å². The summed E-state index contributed by atoms with van der Waals surface area (Å²) in [5.74, 6) is 9.11. The predicted molar refractivity (Wildman–Crippen MR) is 248 cm³/mol. The Morgan fingerprint density at radius 2 is 1.15 bits per heavy atom.